The van der Waals surface area contributed by atoms with Crippen molar-refractivity contribution < 1.29 is 0 Å². The summed E-state index contributed by atoms with van der Waals surface area (Å²) < 4.78 is 0. The van der Waals surface area contributed by atoms with Gasteiger partial charge in [0.25, 0.3) is 0 Å². The van der Waals surface area contributed by atoms with Gasteiger partial charge in [-0.15, -0.1) is 0 Å². The number of rotatable bonds is 1. The second-order valence-corrected chi connectivity index (χ2v) is 3.46. The van der Waals surface area contributed by atoms with Gasteiger partial charge in [0.1, 0.15) is 0 Å². The van der Waals surface area contributed by atoms with Crippen LogP contribution < -0.4 is 5.46 Å². The van der Waals surface area contributed by atoms with E-state index in [2.05, 4.69) is 45.7 Å². The molecule has 0 saturated carbocycles. The minimum absolute atomic E-state index is 0.649. The largest absolute Gasteiger partial charge is 0.170 e. The first-order valence-corrected chi connectivity index (χ1v) is 4.19. The van der Waals surface area contributed by atoms with Gasteiger partial charge in [0, 0.05) is 0 Å². The van der Waals surface area contributed by atoms with Crippen LogP contribution in [0.5, 0.6) is 0 Å². The van der Waals surface area contributed by atoms with E-state index >= 15 is 0 Å². The number of hydrogen-bond acceptors (Lipinski definition) is 0. The van der Waals surface area contributed by atoms with Crippen LogP contribution in [0.15, 0.2) is 18.2 Å². The molecule has 1 heteroatoms. The van der Waals surface area contributed by atoms with E-state index in [0.29, 0.717) is 6.71 Å². The lowest BCUT2D eigenvalue weighted by molar-refractivity contribution is 1.42. The third-order valence-electron chi connectivity index (χ3n) is 2.12. The predicted molar refractivity (Wildman–Crippen MR) is 53.0 cm³/mol. The SMILES string of the molecule is CB(C)c1c(C)cccc1C. The Balaban J connectivity index is 3.21. The van der Waals surface area contributed by atoms with Gasteiger partial charge in [-0.05, 0) is 13.8 Å². The molecule has 58 valence electrons. The molecule has 0 radical (unpaired) electrons. The molecule has 0 bridgehead atoms. The zero-order chi connectivity index (χ0) is 8.43. The molecule has 1 rings (SSSR count). The molecule has 0 fully saturated rings. The lowest BCUT2D eigenvalue weighted by Gasteiger charge is -2.10. The predicted octanol–water partition coefficient (Wildman–Crippen LogP) is 2.26. The molecule has 0 amide bonds. The van der Waals surface area contributed by atoms with Gasteiger partial charge in [0.2, 0.25) is 0 Å². The molecule has 0 aromatic heterocycles. The third-order valence-corrected chi connectivity index (χ3v) is 2.12. The Bertz CT molecular complexity index is 231. The van der Waals surface area contributed by atoms with Crippen LogP contribution in [0.2, 0.25) is 13.6 Å². The molecule has 0 unspecified atom stereocenters. The van der Waals surface area contributed by atoms with Gasteiger partial charge >= 0.3 is 0 Å². The zero-order valence-electron chi connectivity index (χ0n) is 7.81. The first kappa shape index (κ1) is 8.38. The average molecular weight is 146 g/mol. The zero-order valence-corrected chi connectivity index (χ0v) is 7.81. The summed E-state index contributed by atoms with van der Waals surface area (Å²) in [6, 6.07) is 6.49. The summed E-state index contributed by atoms with van der Waals surface area (Å²) in [6.45, 7) is 9.51. The topological polar surface area (TPSA) is 0 Å². The summed E-state index contributed by atoms with van der Waals surface area (Å²) in [5, 5.41) is 0. The molecule has 1 aromatic carbocycles. The maximum atomic E-state index is 2.25. The molecular formula is C10H15B. The highest BCUT2D eigenvalue weighted by atomic mass is 14.0. The molecule has 0 N–H and O–H groups in total. The van der Waals surface area contributed by atoms with E-state index in [9.17, 15) is 0 Å². The first-order valence-electron chi connectivity index (χ1n) is 4.19. The average Bonchev–Trinajstić information content (AvgIpc) is 1.85. The number of aryl methyl sites for hydroxylation is 2. The molecule has 1 aromatic rings. The van der Waals surface area contributed by atoms with E-state index < -0.39 is 0 Å². The summed E-state index contributed by atoms with van der Waals surface area (Å²) in [6.07, 6.45) is 0. The van der Waals surface area contributed by atoms with Gasteiger partial charge in [-0.1, -0.05) is 48.4 Å². The van der Waals surface area contributed by atoms with Crippen molar-refractivity contribution in [2.45, 2.75) is 27.5 Å². The summed E-state index contributed by atoms with van der Waals surface area (Å²) in [7, 11) is 0. The van der Waals surface area contributed by atoms with Crippen molar-refractivity contribution in [2.75, 3.05) is 0 Å². The van der Waals surface area contributed by atoms with Crippen molar-refractivity contribution in [2.24, 2.45) is 0 Å². The summed E-state index contributed by atoms with van der Waals surface area (Å²) in [5.74, 6) is 0. The highest BCUT2D eigenvalue weighted by Crippen LogP contribution is 2.01. The summed E-state index contributed by atoms with van der Waals surface area (Å²) >= 11 is 0. The smallest absolute Gasteiger partial charge is 0.0819 e. The second kappa shape index (κ2) is 3.12. The fourth-order valence-electron chi connectivity index (χ4n) is 1.74. The van der Waals surface area contributed by atoms with E-state index in [4.69, 9.17) is 0 Å². The standard InChI is InChI=1S/C10H15B/c1-8-6-5-7-9(2)10(8)11(3)4/h5-7H,1-4H3. The Morgan fingerprint density at radius 1 is 1.00 bits per heavy atom. The molecular weight excluding hydrogens is 131 g/mol. The van der Waals surface area contributed by atoms with E-state index in [0.717, 1.165) is 0 Å². The van der Waals surface area contributed by atoms with Crippen LogP contribution in [0.3, 0.4) is 0 Å². The molecule has 0 nitrogen and oxygen atoms in total. The Kier molecular flexibility index (Phi) is 2.38. The van der Waals surface area contributed by atoms with E-state index in [1.165, 1.54) is 16.6 Å². The minimum Gasteiger partial charge on any atom is -0.0819 e. The van der Waals surface area contributed by atoms with Crippen molar-refractivity contribution in [3.63, 3.8) is 0 Å². The van der Waals surface area contributed by atoms with Crippen molar-refractivity contribution in [3.05, 3.63) is 29.3 Å². The highest BCUT2D eigenvalue weighted by molar-refractivity contribution is 6.71. The van der Waals surface area contributed by atoms with Crippen molar-refractivity contribution in [1.82, 2.24) is 0 Å². The number of benzene rings is 1. The van der Waals surface area contributed by atoms with E-state index in [1.807, 2.05) is 0 Å². The van der Waals surface area contributed by atoms with Crippen molar-refractivity contribution in [1.29, 1.82) is 0 Å². The van der Waals surface area contributed by atoms with E-state index in [1.54, 1.807) is 0 Å². The molecule has 11 heavy (non-hydrogen) atoms. The Labute approximate surface area is 69.7 Å². The lowest BCUT2D eigenvalue weighted by atomic mass is 9.47. The third kappa shape index (κ3) is 1.65. The Hall–Kier alpha value is -0.715. The van der Waals surface area contributed by atoms with Crippen LogP contribution in [0.25, 0.3) is 0 Å². The minimum atomic E-state index is 0.649. The van der Waals surface area contributed by atoms with Crippen molar-refractivity contribution >= 4 is 12.2 Å². The fraction of sp³-hybridized carbons (Fsp3) is 0.400. The van der Waals surface area contributed by atoms with Crippen LogP contribution in [0.1, 0.15) is 11.1 Å². The lowest BCUT2D eigenvalue weighted by Crippen LogP contribution is -2.27. The summed E-state index contributed by atoms with van der Waals surface area (Å²) in [4.78, 5) is 0. The highest BCUT2D eigenvalue weighted by Gasteiger charge is 2.07. The van der Waals surface area contributed by atoms with Gasteiger partial charge in [0.15, 0.2) is 6.71 Å². The first-order chi connectivity index (χ1) is 5.13. The van der Waals surface area contributed by atoms with Gasteiger partial charge in [-0.3, -0.25) is 0 Å². The molecule has 0 spiro atoms. The van der Waals surface area contributed by atoms with E-state index in [-0.39, 0.29) is 0 Å². The Morgan fingerprint density at radius 3 is 1.73 bits per heavy atom. The molecule has 0 atom stereocenters. The van der Waals surface area contributed by atoms with Crippen LogP contribution in [-0.2, 0) is 0 Å². The van der Waals surface area contributed by atoms with Gasteiger partial charge in [-0.25, -0.2) is 0 Å². The number of hydrogen-bond donors (Lipinski definition) is 0. The normalized spacial score (nSPS) is 9.82. The van der Waals surface area contributed by atoms with Gasteiger partial charge in [0.05, 0.1) is 0 Å². The molecule has 0 aliphatic rings. The molecule has 0 aliphatic carbocycles. The molecule has 0 aliphatic heterocycles. The van der Waals surface area contributed by atoms with Crippen LogP contribution in [0.4, 0.5) is 0 Å². The monoisotopic (exact) mass is 146 g/mol. The second-order valence-electron chi connectivity index (χ2n) is 3.46. The maximum Gasteiger partial charge on any atom is 0.170 e. The van der Waals surface area contributed by atoms with Crippen LogP contribution in [-0.4, -0.2) is 6.71 Å². The molecule has 0 heterocycles. The quantitative estimate of drug-likeness (QED) is 0.533. The van der Waals surface area contributed by atoms with Gasteiger partial charge in [-0.2, -0.15) is 0 Å². The van der Waals surface area contributed by atoms with Crippen molar-refractivity contribution in [3.8, 4) is 0 Å². The Morgan fingerprint density at radius 2 is 1.45 bits per heavy atom. The molecule has 0 saturated heterocycles. The fourth-order valence-corrected chi connectivity index (χ4v) is 1.74. The summed E-state index contributed by atoms with van der Waals surface area (Å²) in [5.41, 5.74) is 4.34. The van der Waals surface area contributed by atoms with Crippen LogP contribution >= 0.6 is 0 Å². The van der Waals surface area contributed by atoms with Crippen LogP contribution in [0, 0.1) is 13.8 Å². The maximum absolute atomic E-state index is 2.25. The van der Waals surface area contributed by atoms with Gasteiger partial charge < -0.3 is 0 Å².